The summed E-state index contributed by atoms with van der Waals surface area (Å²) in [7, 11) is 0. The molecular formula is C16H20F2O. The molecule has 2 atom stereocenters. The lowest BCUT2D eigenvalue weighted by atomic mass is 9.73. The van der Waals surface area contributed by atoms with Crippen LogP contribution in [0.2, 0.25) is 0 Å². The zero-order chi connectivity index (χ0) is 13.5. The molecule has 2 fully saturated rings. The summed E-state index contributed by atoms with van der Waals surface area (Å²) in [6, 6.07) is 3.55. The molecule has 0 saturated heterocycles. The van der Waals surface area contributed by atoms with Crippen LogP contribution in [0.1, 0.15) is 44.1 Å². The Morgan fingerprint density at radius 3 is 2.37 bits per heavy atom. The molecule has 3 rings (SSSR count). The van der Waals surface area contributed by atoms with Gasteiger partial charge in [-0.3, -0.25) is 0 Å². The molecule has 1 nitrogen and oxygen atoms in total. The fraction of sp³-hybridized carbons (Fsp3) is 0.625. The second-order valence-corrected chi connectivity index (χ2v) is 6.37. The summed E-state index contributed by atoms with van der Waals surface area (Å²) >= 11 is 0. The first-order chi connectivity index (χ1) is 9.04. The average molecular weight is 266 g/mol. The van der Waals surface area contributed by atoms with Gasteiger partial charge in [-0.25, -0.2) is 8.78 Å². The third-order valence-corrected chi connectivity index (χ3v) is 4.60. The molecule has 0 aromatic heterocycles. The van der Waals surface area contributed by atoms with Crippen molar-refractivity contribution in [2.24, 2.45) is 11.8 Å². The van der Waals surface area contributed by atoms with E-state index < -0.39 is 17.2 Å². The maximum Gasteiger partial charge on any atom is 0.126 e. The highest BCUT2D eigenvalue weighted by Gasteiger charge is 2.40. The van der Waals surface area contributed by atoms with Gasteiger partial charge in [0.2, 0.25) is 0 Å². The number of hydrogen-bond donors (Lipinski definition) is 1. The summed E-state index contributed by atoms with van der Waals surface area (Å²) < 4.78 is 26.4. The van der Waals surface area contributed by atoms with E-state index >= 15 is 0 Å². The van der Waals surface area contributed by atoms with E-state index in [2.05, 4.69) is 0 Å². The first-order valence-electron chi connectivity index (χ1n) is 7.21. The Morgan fingerprint density at radius 1 is 1.05 bits per heavy atom. The maximum atomic E-state index is 13.2. The Hall–Kier alpha value is -0.960. The Bertz CT molecular complexity index is 450. The first-order valence-corrected chi connectivity index (χ1v) is 7.21. The molecule has 1 N–H and O–H groups in total. The molecule has 19 heavy (non-hydrogen) atoms. The second-order valence-electron chi connectivity index (χ2n) is 6.37. The SMILES string of the molecule is OC1(Cc2cc(F)cc(F)c2)CCCC(C2CC2)C1. The molecule has 0 radical (unpaired) electrons. The molecule has 0 bridgehead atoms. The van der Waals surface area contributed by atoms with Crippen molar-refractivity contribution < 1.29 is 13.9 Å². The molecular weight excluding hydrogens is 246 g/mol. The van der Waals surface area contributed by atoms with Gasteiger partial charge in [-0.2, -0.15) is 0 Å². The van der Waals surface area contributed by atoms with E-state index in [0.29, 0.717) is 17.9 Å². The van der Waals surface area contributed by atoms with E-state index in [0.717, 1.165) is 31.2 Å². The van der Waals surface area contributed by atoms with Crippen LogP contribution >= 0.6 is 0 Å². The lowest BCUT2D eigenvalue weighted by Gasteiger charge is -2.37. The summed E-state index contributed by atoms with van der Waals surface area (Å²) in [6.45, 7) is 0. The summed E-state index contributed by atoms with van der Waals surface area (Å²) in [4.78, 5) is 0. The van der Waals surface area contributed by atoms with Gasteiger partial charge in [0.05, 0.1) is 5.60 Å². The summed E-state index contributed by atoms with van der Waals surface area (Å²) in [5.74, 6) is 0.273. The number of halogens is 2. The molecule has 2 unspecified atom stereocenters. The molecule has 104 valence electrons. The Labute approximate surface area is 112 Å². The molecule has 0 amide bonds. The smallest absolute Gasteiger partial charge is 0.126 e. The van der Waals surface area contributed by atoms with Gasteiger partial charge in [0.1, 0.15) is 11.6 Å². The van der Waals surface area contributed by atoms with Crippen molar-refractivity contribution in [2.75, 3.05) is 0 Å². The largest absolute Gasteiger partial charge is 0.390 e. The van der Waals surface area contributed by atoms with Gasteiger partial charge in [-0.1, -0.05) is 6.42 Å². The minimum absolute atomic E-state index is 0.366. The zero-order valence-electron chi connectivity index (χ0n) is 11.0. The van der Waals surface area contributed by atoms with Crippen molar-refractivity contribution in [3.05, 3.63) is 35.4 Å². The van der Waals surface area contributed by atoms with E-state index in [-0.39, 0.29) is 0 Å². The molecule has 1 aromatic rings. The predicted octanol–water partition coefficient (Wildman–Crippen LogP) is 3.84. The van der Waals surface area contributed by atoms with E-state index in [1.54, 1.807) is 0 Å². The third kappa shape index (κ3) is 3.14. The maximum absolute atomic E-state index is 13.2. The van der Waals surface area contributed by atoms with Crippen LogP contribution in [-0.2, 0) is 6.42 Å². The highest BCUT2D eigenvalue weighted by atomic mass is 19.1. The van der Waals surface area contributed by atoms with Gasteiger partial charge in [0.25, 0.3) is 0 Å². The van der Waals surface area contributed by atoms with Crippen molar-refractivity contribution in [1.82, 2.24) is 0 Å². The topological polar surface area (TPSA) is 20.2 Å². The van der Waals surface area contributed by atoms with E-state index in [9.17, 15) is 13.9 Å². The molecule has 0 spiro atoms. The van der Waals surface area contributed by atoms with Crippen molar-refractivity contribution in [3.63, 3.8) is 0 Å². The molecule has 3 heteroatoms. The van der Waals surface area contributed by atoms with E-state index in [1.165, 1.54) is 31.4 Å². The molecule has 0 heterocycles. The highest BCUT2D eigenvalue weighted by Crippen LogP contribution is 2.47. The van der Waals surface area contributed by atoms with E-state index in [4.69, 9.17) is 0 Å². The third-order valence-electron chi connectivity index (χ3n) is 4.60. The van der Waals surface area contributed by atoms with Crippen LogP contribution in [0.5, 0.6) is 0 Å². The number of hydrogen-bond acceptors (Lipinski definition) is 1. The lowest BCUT2D eigenvalue weighted by molar-refractivity contribution is -0.0196. The van der Waals surface area contributed by atoms with Gasteiger partial charge in [0.15, 0.2) is 0 Å². The normalized spacial score (nSPS) is 31.4. The van der Waals surface area contributed by atoms with E-state index in [1.807, 2.05) is 0 Å². The first kappa shape index (κ1) is 13.0. The standard InChI is InChI=1S/C16H20F2O/c17-14-6-11(7-15(18)8-14)9-16(19)5-1-2-13(10-16)12-3-4-12/h6-8,12-13,19H,1-5,9-10H2. The van der Waals surface area contributed by atoms with Crippen LogP contribution in [0.25, 0.3) is 0 Å². The predicted molar refractivity (Wildman–Crippen MR) is 69.7 cm³/mol. The highest BCUT2D eigenvalue weighted by molar-refractivity contribution is 5.20. The zero-order valence-corrected chi connectivity index (χ0v) is 11.0. The quantitative estimate of drug-likeness (QED) is 0.881. The summed E-state index contributed by atoms with van der Waals surface area (Å²) in [5, 5.41) is 10.7. The van der Waals surface area contributed by atoms with Crippen LogP contribution in [-0.4, -0.2) is 10.7 Å². The van der Waals surface area contributed by atoms with Crippen LogP contribution in [0.3, 0.4) is 0 Å². The van der Waals surface area contributed by atoms with Crippen LogP contribution < -0.4 is 0 Å². The van der Waals surface area contributed by atoms with Gasteiger partial charge in [-0.15, -0.1) is 0 Å². The fourth-order valence-electron chi connectivity index (χ4n) is 3.61. The minimum Gasteiger partial charge on any atom is -0.390 e. The summed E-state index contributed by atoms with van der Waals surface area (Å²) in [6.07, 6.45) is 6.69. The van der Waals surface area contributed by atoms with Gasteiger partial charge >= 0.3 is 0 Å². The molecule has 1 aromatic carbocycles. The number of rotatable bonds is 3. The van der Waals surface area contributed by atoms with Crippen LogP contribution in [0, 0.1) is 23.5 Å². The number of aliphatic hydroxyl groups is 1. The fourth-order valence-corrected chi connectivity index (χ4v) is 3.61. The van der Waals surface area contributed by atoms with Crippen molar-refractivity contribution in [3.8, 4) is 0 Å². The Morgan fingerprint density at radius 2 is 1.74 bits per heavy atom. The van der Waals surface area contributed by atoms with Crippen LogP contribution in [0.4, 0.5) is 8.78 Å². The Kier molecular flexibility index (Phi) is 3.34. The minimum atomic E-state index is -0.772. The van der Waals surface area contributed by atoms with Gasteiger partial charge < -0.3 is 5.11 Å². The van der Waals surface area contributed by atoms with Crippen molar-refractivity contribution in [2.45, 2.75) is 50.5 Å². The molecule has 2 aliphatic rings. The van der Waals surface area contributed by atoms with Crippen molar-refractivity contribution in [1.29, 1.82) is 0 Å². The second kappa shape index (κ2) is 4.86. The van der Waals surface area contributed by atoms with Gasteiger partial charge in [-0.05, 0) is 61.6 Å². The number of benzene rings is 1. The van der Waals surface area contributed by atoms with Crippen molar-refractivity contribution >= 4 is 0 Å². The summed E-state index contributed by atoms with van der Waals surface area (Å²) in [5.41, 5.74) is -0.206. The van der Waals surface area contributed by atoms with Gasteiger partial charge in [0, 0.05) is 12.5 Å². The molecule has 0 aliphatic heterocycles. The monoisotopic (exact) mass is 266 g/mol. The molecule has 2 aliphatic carbocycles. The lowest BCUT2D eigenvalue weighted by Crippen LogP contribution is -2.38. The average Bonchev–Trinajstić information content (AvgIpc) is 3.10. The Balaban J connectivity index is 1.72. The van der Waals surface area contributed by atoms with Crippen LogP contribution in [0.15, 0.2) is 18.2 Å². The molecule has 2 saturated carbocycles.